The number of rotatable bonds is 3. The Morgan fingerprint density at radius 2 is 1.55 bits per heavy atom. The molecule has 5 heteroatoms. The van der Waals surface area contributed by atoms with Crippen molar-refractivity contribution >= 4 is 17.3 Å². The number of aryl methyl sites for hydroxylation is 1. The molecule has 4 rings (SSSR count). The van der Waals surface area contributed by atoms with Gasteiger partial charge in [0.25, 0.3) is 5.91 Å². The molecule has 0 spiro atoms. The zero-order valence-electron chi connectivity index (χ0n) is 17.7. The van der Waals surface area contributed by atoms with Crippen LogP contribution in [0.3, 0.4) is 0 Å². The van der Waals surface area contributed by atoms with Crippen LogP contribution in [0.5, 0.6) is 0 Å². The van der Waals surface area contributed by atoms with Crippen molar-refractivity contribution in [1.29, 1.82) is 0 Å². The summed E-state index contributed by atoms with van der Waals surface area (Å²) in [6.45, 7) is 9.99. The predicted molar refractivity (Wildman–Crippen MR) is 119 cm³/mol. The molecule has 2 aliphatic heterocycles. The smallest absolute Gasteiger partial charge is 0.272 e. The fourth-order valence-corrected chi connectivity index (χ4v) is 4.45. The number of carbonyl (C=O) groups is 1. The molecule has 154 valence electrons. The molecule has 0 unspecified atom stereocenters. The summed E-state index contributed by atoms with van der Waals surface area (Å²) in [6.07, 6.45) is 6.44. The van der Waals surface area contributed by atoms with E-state index >= 15 is 0 Å². The third-order valence-electron chi connectivity index (χ3n) is 6.42. The normalized spacial score (nSPS) is 17.9. The molecule has 1 aromatic heterocycles. The highest BCUT2D eigenvalue weighted by Crippen LogP contribution is 2.25. The second kappa shape index (κ2) is 8.85. The Balaban J connectivity index is 1.43. The number of pyridine rings is 1. The third kappa shape index (κ3) is 4.39. The summed E-state index contributed by atoms with van der Waals surface area (Å²) in [5.41, 5.74) is 5.75. The molecular formula is C24H32N4O. The summed E-state index contributed by atoms with van der Waals surface area (Å²) in [6, 6.07) is 10.6. The minimum Gasteiger partial charge on any atom is -0.368 e. The Hall–Kier alpha value is -2.56. The number of nitrogens with zero attached hydrogens (tertiary/aromatic N) is 4. The first kappa shape index (κ1) is 19.7. The quantitative estimate of drug-likeness (QED) is 0.790. The van der Waals surface area contributed by atoms with E-state index in [4.69, 9.17) is 0 Å². The van der Waals surface area contributed by atoms with E-state index in [1.165, 1.54) is 29.7 Å². The monoisotopic (exact) mass is 392 g/mol. The summed E-state index contributed by atoms with van der Waals surface area (Å²) in [5, 5.41) is 0. The first-order valence-electron chi connectivity index (χ1n) is 10.9. The summed E-state index contributed by atoms with van der Waals surface area (Å²) < 4.78 is 0. The fourth-order valence-electron chi connectivity index (χ4n) is 4.45. The lowest BCUT2D eigenvalue weighted by Gasteiger charge is -2.38. The summed E-state index contributed by atoms with van der Waals surface area (Å²) in [5.74, 6) is 0.0859. The molecule has 0 bridgehead atoms. The largest absolute Gasteiger partial charge is 0.368 e. The topological polar surface area (TPSA) is 39.7 Å². The summed E-state index contributed by atoms with van der Waals surface area (Å²) >= 11 is 0. The molecule has 1 amide bonds. The molecule has 0 aliphatic carbocycles. The van der Waals surface area contributed by atoms with Gasteiger partial charge in [0.2, 0.25) is 0 Å². The maximum atomic E-state index is 12.9. The Kier molecular flexibility index (Phi) is 6.02. The van der Waals surface area contributed by atoms with Crippen LogP contribution in [0, 0.1) is 13.8 Å². The number of hydrogen-bond acceptors (Lipinski definition) is 4. The van der Waals surface area contributed by atoms with Crippen LogP contribution in [0.1, 0.15) is 47.3 Å². The van der Waals surface area contributed by atoms with Crippen LogP contribution in [-0.4, -0.2) is 55.1 Å². The second-order valence-corrected chi connectivity index (χ2v) is 8.30. The summed E-state index contributed by atoms with van der Waals surface area (Å²) in [4.78, 5) is 24.2. The lowest BCUT2D eigenvalue weighted by atomic mass is 10.1. The molecule has 29 heavy (non-hydrogen) atoms. The number of aromatic nitrogens is 1. The minimum atomic E-state index is 0.0859. The van der Waals surface area contributed by atoms with Gasteiger partial charge in [-0.2, -0.15) is 0 Å². The number of carbonyl (C=O) groups excluding carboxylic acids is 1. The van der Waals surface area contributed by atoms with Gasteiger partial charge in [0.05, 0.1) is 0 Å². The van der Waals surface area contributed by atoms with Gasteiger partial charge in [-0.15, -0.1) is 0 Å². The van der Waals surface area contributed by atoms with Crippen LogP contribution < -0.4 is 9.80 Å². The van der Waals surface area contributed by atoms with Gasteiger partial charge in [0.1, 0.15) is 5.69 Å². The average molecular weight is 393 g/mol. The zero-order chi connectivity index (χ0) is 20.2. The Labute approximate surface area is 174 Å². The van der Waals surface area contributed by atoms with Crippen molar-refractivity contribution in [3.8, 4) is 0 Å². The second-order valence-electron chi connectivity index (χ2n) is 8.30. The average Bonchev–Trinajstić information content (AvgIpc) is 3.05. The number of likely N-dealkylation sites (tertiary alicyclic amines) is 1. The molecule has 5 nitrogen and oxygen atoms in total. The third-order valence-corrected chi connectivity index (χ3v) is 6.42. The lowest BCUT2D eigenvalue weighted by molar-refractivity contribution is 0.0756. The van der Waals surface area contributed by atoms with E-state index in [9.17, 15) is 4.79 Å². The van der Waals surface area contributed by atoms with E-state index in [1.807, 2.05) is 17.0 Å². The van der Waals surface area contributed by atoms with Gasteiger partial charge in [0.15, 0.2) is 0 Å². The van der Waals surface area contributed by atoms with Crippen molar-refractivity contribution in [2.75, 3.05) is 49.1 Å². The van der Waals surface area contributed by atoms with Gasteiger partial charge < -0.3 is 14.7 Å². The fraction of sp³-hybridized carbons (Fsp3) is 0.500. The molecule has 2 saturated heterocycles. The molecule has 2 fully saturated rings. The van der Waals surface area contributed by atoms with Crippen LogP contribution >= 0.6 is 0 Å². The molecule has 0 atom stereocenters. The van der Waals surface area contributed by atoms with Crippen molar-refractivity contribution in [3.63, 3.8) is 0 Å². The van der Waals surface area contributed by atoms with Crippen LogP contribution in [0.25, 0.3) is 0 Å². The van der Waals surface area contributed by atoms with Crippen LogP contribution in [-0.2, 0) is 0 Å². The van der Waals surface area contributed by atoms with Crippen LogP contribution in [0.15, 0.2) is 36.5 Å². The van der Waals surface area contributed by atoms with Gasteiger partial charge >= 0.3 is 0 Å². The highest BCUT2D eigenvalue weighted by Gasteiger charge is 2.22. The number of piperazine rings is 1. The van der Waals surface area contributed by atoms with Crippen molar-refractivity contribution < 1.29 is 4.79 Å². The molecule has 1 aromatic carbocycles. The highest BCUT2D eigenvalue weighted by atomic mass is 16.2. The number of hydrogen-bond donors (Lipinski definition) is 0. The van der Waals surface area contributed by atoms with E-state index < -0.39 is 0 Å². The molecule has 0 N–H and O–H groups in total. The Morgan fingerprint density at radius 3 is 2.28 bits per heavy atom. The molecule has 0 saturated carbocycles. The van der Waals surface area contributed by atoms with Gasteiger partial charge in [0, 0.05) is 56.8 Å². The molecule has 3 heterocycles. The van der Waals surface area contributed by atoms with Crippen molar-refractivity contribution in [2.24, 2.45) is 0 Å². The van der Waals surface area contributed by atoms with Gasteiger partial charge in [-0.05, 0) is 56.0 Å². The molecule has 2 aromatic rings. The Morgan fingerprint density at radius 1 is 0.862 bits per heavy atom. The van der Waals surface area contributed by atoms with Crippen molar-refractivity contribution in [1.82, 2.24) is 9.88 Å². The van der Waals surface area contributed by atoms with E-state index in [-0.39, 0.29) is 5.91 Å². The molecule has 0 radical (unpaired) electrons. The zero-order valence-corrected chi connectivity index (χ0v) is 17.7. The lowest BCUT2D eigenvalue weighted by Crippen LogP contribution is -2.47. The molecule has 2 aliphatic rings. The minimum absolute atomic E-state index is 0.0859. The van der Waals surface area contributed by atoms with Crippen LogP contribution in [0.4, 0.5) is 11.4 Å². The van der Waals surface area contributed by atoms with E-state index in [0.717, 1.165) is 57.8 Å². The Bertz CT molecular complexity index is 850. The first-order chi connectivity index (χ1) is 14.1. The number of amides is 1. The first-order valence-corrected chi connectivity index (χ1v) is 10.9. The summed E-state index contributed by atoms with van der Waals surface area (Å²) in [7, 11) is 0. The van der Waals surface area contributed by atoms with Crippen molar-refractivity contribution in [3.05, 3.63) is 53.3 Å². The number of anilines is 2. The van der Waals surface area contributed by atoms with E-state index in [1.54, 1.807) is 6.20 Å². The van der Waals surface area contributed by atoms with Gasteiger partial charge in [-0.25, -0.2) is 0 Å². The highest BCUT2D eigenvalue weighted by molar-refractivity contribution is 5.93. The maximum absolute atomic E-state index is 12.9. The predicted octanol–water partition coefficient (Wildman–Crippen LogP) is 4.04. The maximum Gasteiger partial charge on any atom is 0.272 e. The van der Waals surface area contributed by atoms with Gasteiger partial charge in [-0.1, -0.05) is 25.0 Å². The van der Waals surface area contributed by atoms with Crippen molar-refractivity contribution in [2.45, 2.75) is 39.5 Å². The number of benzene rings is 1. The standard InChI is InChI=1S/C24H32N4O/c1-19-8-7-9-23(20(19)2)27-16-14-26(15-17-27)21-10-11-25-22(18-21)24(29)28-12-5-3-4-6-13-28/h7-11,18H,3-6,12-17H2,1-2H3. The van der Waals surface area contributed by atoms with E-state index in [2.05, 4.69) is 46.8 Å². The van der Waals surface area contributed by atoms with Crippen LogP contribution in [0.2, 0.25) is 0 Å². The van der Waals surface area contributed by atoms with Gasteiger partial charge in [-0.3, -0.25) is 9.78 Å². The van der Waals surface area contributed by atoms with E-state index in [0.29, 0.717) is 5.69 Å². The SMILES string of the molecule is Cc1cccc(N2CCN(c3ccnc(C(=O)N4CCCCCC4)c3)CC2)c1C. The molecular weight excluding hydrogens is 360 g/mol.